The monoisotopic (exact) mass is 228 g/mol. The van der Waals surface area contributed by atoms with Crippen molar-refractivity contribution in [3.05, 3.63) is 29.0 Å². The van der Waals surface area contributed by atoms with Gasteiger partial charge in [-0.2, -0.15) is 0 Å². The fourth-order valence-corrected chi connectivity index (χ4v) is 1.41. The number of pyridine rings is 1. The Kier molecular flexibility index (Phi) is 5.61. The predicted octanol–water partition coefficient (Wildman–Crippen LogP) is 2.25. The van der Waals surface area contributed by atoms with Crippen LogP contribution in [0, 0.1) is 0 Å². The van der Waals surface area contributed by atoms with E-state index in [1.165, 1.54) is 0 Å². The molecule has 0 spiro atoms. The third-order valence-electron chi connectivity index (χ3n) is 2.25. The molecule has 0 saturated carbocycles. The summed E-state index contributed by atoms with van der Waals surface area (Å²) in [6.07, 6.45) is 4.42. The Hall–Kier alpha value is -0.640. The molecule has 3 nitrogen and oxygen atoms in total. The molecule has 0 saturated heterocycles. The zero-order chi connectivity index (χ0) is 11.1. The van der Waals surface area contributed by atoms with Crippen LogP contribution in [0.5, 0.6) is 0 Å². The van der Waals surface area contributed by atoms with Crippen molar-refractivity contribution in [2.75, 3.05) is 13.7 Å². The third-order valence-corrected chi connectivity index (χ3v) is 2.59. The Labute approximate surface area is 95.8 Å². The van der Waals surface area contributed by atoms with E-state index in [9.17, 15) is 0 Å². The molecule has 0 aliphatic heterocycles. The van der Waals surface area contributed by atoms with E-state index in [2.05, 4.69) is 17.2 Å². The number of hydrogen-bond donors (Lipinski definition) is 1. The van der Waals surface area contributed by atoms with Gasteiger partial charge in [-0.15, -0.1) is 0 Å². The van der Waals surface area contributed by atoms with Crippen LogP contribution in [0.25, 0.3) is 0 Å². The summed E-state index contributed by atoms with van der Waals surface area (Å²) in [5.41, 5.74) is 1.08. The molecule has 0 fully saturated rings. The number of rotatable bonds is 6. The van der Waals surface area contributed by atoms with Crippen molar-refractivity contribution in [1.82, 2.24) is 10.3 Å². The molecule has 1 N–H and O–H groups in total. The fraction of sp³-hybridized carbons (Fsp3) is 0.545. The normalized spacial score (nSPS) is 12.7. The number of nitrogens with one attached hydrogen (secondary N) is 1. The standard InChI is InChI=1S/C11H17ClN2O/c1-9(4-6-15-2)14-7-10-3-5-13-8-11(10)12/h3,5,8-9,14H,4,6-7H2,1-2H3. The predicted molar refractivity (Wildman–Crippen MR) is 62.0 cm³/mol. The zero-order valence-electron chi connectivity index (χ0n) is 9.16. The van der Waals surface area contributed by atoms with E-state index in [0.717, 1.165) is 25.1 Å². The van der Waals surface area contributed by atoms with Gasteiger partial charge in [0.1, 0.15) is 0 Å². The van der Waals surface area contributed by atoms with Crippen molar-refractivity contribution in [3.63, 3.8) is 0 Å². The molecule has 1 heterocycles. The number of hydrogen-bond acceptors (Lipinski definition) is 3. The van der Waals surface area contributed by atoms with Gasteiger partial charge in [0.15, 0.2) is 0 Å². The van der Waals surface area contributed by atoms with Crippen LogP contribution in [0.15, 0.2) is 18.5 Å². The summed E-state index contributed by atoms with van der Waals surface area (Å²) in [5, 5.41) is 4.09. The second kappa shape index (κ2) is 6.77. The van der Waals surface area contributed by atoms with Gasteiger partial charge in [-0.25, -0.2) is 0 Å². The minimum absolute atomic E-state index is 0.425. The Morgan fingerprint density at radius 2 is 2.40 bits per heavy atom. The molecule has 1 aromatic rings. The summed E-state index contributed by atoms with van der Waals surface area (Å²) >= 11 is 5.98. The largest absolute Gasteiger partial charge is 0.385 e. The lowest BCUT2D eigenvalue weighted by atomic mass is 10.2. The van der Waals surface area contributed by atoms with Crippen molar-refractivity contribution in [2.24, 2.45) is 0 Å². The molecule has 84 valence electrons. The van der Waals surface area contributed by atoms with Crippen LogP contribution >= 0.6 is 11.6 Å². The quantitative estimate of drug-likeness (QED) is 0.811. The molecule has 1 rings (SSSR count). The van der Waals surface area contributed by atoms with Crippen molar-refractivity contribution in [2.45, 2.75) is 25.9 Å². The number of aromatic nitrogens is 1. The zero-order valence-corrected chi connectivity index (χ0v) is 9.92. The van der Waals surface area contributed by atoms with E-state index < -0.39 is 0 Å². The minimum atomic E-state index is 0.425. The van der Waals surface area contributed by atoms with Gasteiger partial charge in [0.05, 0.1) is 5.02 Å². The van der Waals surface area contributed by atoms with Gasteiger partial charge in [0.25, 0.3) is 0 Å². The highest BCUT2D eigenvalue weighted by Gasteiger charge is 2.03. The lowest BCUT2D eigenvalue weighted by Gasteiger charge is -2.13. The average Bonchev–Trinajstić information content (AvgIpc) is 2.25. The van der Waals surface area contributed by atoms with Crippen molar-refractivity contribution in [1.29, 1.82) is 0 Å². The van der Waals surface area contributed by atoms with Crippen LogP contribution in [0.2, 0.25) is 5.02 Å². The van der Waals surface area contributed by atoms with Gasteiger partial charge in [0, 0.05) is 38.7 Å². The highest BCUT2D eigenvalue weighted by Crippen LogP contribution is 2.12. The first-order chi connectivity index (χ1) is 7.24. The second-order valence-electron chi connectivity index (χ2n) is 3.53. The van der Waals surface area contributed by atoms with Crippen molar-refractivity contribution >= 4 is 11.6 Å². The molecule has 1 unspecified atom stereocenters. The maximum atomic E-state index is 5.98. The molecule has 1 aromatic heterocycles. The van der Waals surface area contributed by atoms with Crippen molar-refractivity contribution < 1.29 is 4.74 Å². The van der Waals surface area contributed by atoms with E-state index in [1.807, 2.05) is 6.07 Å². The summed E-state index contributed by atoms with van der Waals surface area (Å²) < 4.78 is 5.01. The van der Waals surface area contributed by atoms with Crippen LogP contribution in [0.1, 0.15) is 18.9 Å². The molecule has 0 aromatic carbocycles. The second-order valence-corrected chi connectivity index (χ2v) is 3.94. The van der Waals surface area contributed by atoms with Crippen LogP contribution in [0.4, 0.5) is 0 Å². The summed E-state index contributed by atoms with van der Waals surface area (Å²) in [6.45, 7) is 3.68. The first-order valence-electron chi connectivity index (χ1n) is 5.04. The molecular weight excluding hydrogens is 212 g/mol. The first-order valence-corrected chi connectivity index (χ1v) is 5.42. The first kappa shape index (κ1) is 12.4. The molecule has 0 bridgehead atoms. The van der Waals surface area contributed by atoms with Gasteiger partial charge in [0.2, 0.25) is 0 Å². The highest BCUT2D eigenvalue weighted by molar-refractivity contribution is 6.31. The highest BCUT2D eigenvalue weighted by atomic mass is 35.5. The van der Waals surface area contributed by atoms with Crippen LogP contribution in [-0.2, 0) is 11.3 Å². The van der Waals surface area contributed by atoms with Crippen LogP contribution in [0.3, 0.4) is 0 Å². The number of nitrogens with zero attached hydrogens (tertiary/aromatic N) is 1. The lowest BCUT2D eigenvalue weighted by Crippen LogP contribution is -2.26. The smallest absolute Gasteiger partial charge is 0.0634 e. The summed E-state index contributed by atoms with van der Waals surface area (Å²) in [4.78, 5) is 3.94. The summed E-state index contributed by atoms with van der Waals surface area (Å²) in [7, 11) is 1.71. The molecular formula is C11H17ClN2O. The van der Waals surface area contributed by atoms with Gasteiger partial charge < -0.3 is 10.1 Å². The molecule has 1 atom stereocenters. The topological polar surface area (TPSA) is 34.1 Å². The Morgan fingerprint density at radius 1 is 1.60 bits per heavy atom. The molecule has 15 heavy (non-hydrogen) atoms. The Balaban J connectivity index is 2.33. The Morgan fingerprint density at radius 3 is 3.07 bits per heavy atom. The average molecular weight is 229 g/mol. The maximum absolute atomic E-state index is 5.98. The van der Waals surface area contributed by atoms with Gasteiger partial charge in [-0.05, 0) is 25.0 Å². The minimum Gasteiger partial charge on any atom is -0.385 e. The summed E-state index contributed by atoms with van der Waals surface area (Å²) in [5.74, 6) is 0. The third kappa shape index (κ3) is 4.60. The van der Waals surface area contributed by atoms with Crippen LogP contribution < -0.4 is 5.32 Å². The number of ether oxygens (including phenoxy) is 1. The van der Waals surface area contributed by atoms with Gasteiger partial charge in [-0.1, -0.05) is 11.6 Å². The van der Waals surface area contributed by atoms with E-state index in [1.54, 1.807) is 19.5 Å². The number of halogens is 1. The molecule has 0 radical (unpaired) electrons. The summed E-state index contributed by atoms with van der Waals surface area (Å²) in [6, 6.07) is 2.35. The SMILES string of the molecule is COCCC(C)NCc1ccncc1Cl. The van der Waals surface area contributed by atoms with E-state index in [0.29, 0.717) is 11.1 Å². The Bertz CT molecular complexity index is 294. The molecule has 0 aliphatic carbocycles. The van der Waals surface area contributed by atoms with E-state index in [-0.39, 0.29) is 0 Å². The van der Waals surface area contributed by atoms with Gasteiger partial charge in [-0.3, -0.25) is 4.98 Å². The van der Waals surface area contributed by atoms with Crippen LogP contribution in [-0.4, -0.2) is 24.7 Å². The molecule has 0 aliphatic rings. The number of methoxy groups -OCH3 is 1. The maximum Gasteiger partial charge on any atom is 0.0634 e. The van der Waals surface area contributed by atoms with Crippen molar-refractivity contribution in [3.8, 4) is 0 Å². The molecule has 0 amide bonds. The van der Waals surface area contributed by atoms with E-state index in [4.69, 9.17) is 16.3 Å². The fourth-order valence-electron chi connectivity index (χ4n) is 1.23. The molecule has 4 heteroatoms. The van der Waals surface area contributed by atoms with Gasteiger partial charge >= 0.3 is 0 Å². The van der Waals surface area contributed by atoms with E-state index >= 15 is 0 Å². The lowest BCUT2D eigenvalue weighted by molar-refractivity contribution is 0.184.